The van der Waals surface area contributed by atoms with E-state index in [1.807, 2.05) is 19.1 Å². The van der Waals surface area contributed by atoms with Gasteiger partial charge in [-0.1, -0.05) is 24.8 Å². The van der Waals surface area contributed by atoms with E-state index in [0.29, 0.717) is 6.54 Å². The van der Waals surface area contributed by atoms with Gasteiger partial charge < -0.3 is 5.11 Å². The van der Waals surface area contributed by atoms with Crippen LogP contribution in [0.2, 0.25) is 0 Å². The molecule has 0 atom stereocenters. The van der Waals surface area contributed by atoms with Gasteiger partial charge in [0.25, 0.3) is 0 Å². The quantitative estimate of drug-likeness (QED) is 0.791. The standard InChI is InChI=1S/C13H19NO2/c1-3-5-12-6-8-14(9-7-13(15)16)10-11(12)4-2/h3-5H,1,6-10H2,2H3,(H,15,16)/b11-4-,12-5-. The van der Waals surface area contributed by atoms with Crippen LogP contribution in [0.5, 0.6) is 0 Å². The lowest BCUT2D eigenvalue weighted by Gasteiger charge is -2.30. The average molecular weight is 221 g/mol. The summed E-state index contributed by atoms with van der Waals surface area (Å²) in [6, 6.07) is 0. The Morgan fingerprint density at radius 1 is 1.56 bits per heavy atom. The minimum Gasteiger partial charge on any atom is -0.481 e. The van der Waals surface area contributed by atoms with Gasteiger partial charge in [0.1, 0.15) is 0 Å². The van der Waals surface area contributed by atoms with Crippen molar-refractivity contribution in [1.82, 2.24) is 4.90 Å². The first kappa shape index (κ1) is 12.7. The maximum absolute atomic E-state index is 10.5. The Balaban J connectivity index is 2.56. The van der Waals surface area contributed by atoms with E-state index in [9.17, 15) is 4.79 Å². The second-order valence-corrected chi connectivity index (χ2v) is 3.91. The summed E-state index contributed by atoms with van der Waals surface area (Å²) in [5.74, 6) is -0.727. The maximum Gasteiger partial charge on any atom is 0.304 e. The van der Waals surface area contributed by atoms with Crippen molar-refractivity contribution >= 4 is 5.97 Å². The van der Waals surface area contributed by atoms with E-state index in [2.05, 4.69) is 17.6 Å². The molecule has 0 aliphatic carbocycles. The molecule has 1 heterocycles. The molecule has 0 amide bonds. The summed E-state index contributed by atoms with van der Waals surface area (Å²) < 4.78 is 0. The Morgan fingerprint density at radius 3 is 2.88 bits per heavy atom. The monoisotopic (exact) mass is 221 g/mol. The number of likely N-dealkylation sites (tertiary alicyclic amines) is 1. The molecule has 0 saturated carbocycles. The Kier molecular flexibility index (Phi) is 4.99. The highest BCUT2D eigenvalue weighted by molar-refractivity contribution is 5.66. The van der Waals surface area contributed by atoms with E-state index < -0.39 is 5.97 Å². The first-order valence-electron chi connectivity index (χ1n) is 5.58. The number of rotatable bonds is 4. The molecule has 88 valence electrons. The van der Waals surface area contributed by atoms with Crippen molar-refractivity contribution in [3.63, 3.8) is 0 Å². The van der Waals surface area contributed by atoms with E-state index in [-0.39, 0.29) is 6.42 Å². The predicted molar refractivity (Wildman–Crippen MR) is 65.3 cm³/mol. The molecular formula is C13H19NO2. The Hall–Kier alpha value is -1.35. The number of hydrogen-bond acceptors (Lipinski definition) is 2. The van der Waals surface area contributed by atoms with E-state index in [4.69, 9.17) is 5.11 Å². The SMILES string of the molecule is C=C/C=C1/CCN(CCC(=O)O)C/C1=C/C. The van der Waals surface area contributed by atoms with Crippen LogP contribution in [-0.4, -0.2) is 35.6 Å². The molecule has 3 nitrogen and oxygen atoms in total. The summed E-state index contributed by atoms with van der Waals surface area (Å²) in [5, 5.41) is 8.64. The normalized spacial score (nSPS) is 22.6. The molecular weight excluding hydrogens is 202 g/mol. The second kappa shape index (κ2) is 6.28. The maximum atomic E-state index is 10.5. The predicted octanol–water partition coefficient (Wildman–Crippen LogP) is 2.23. The number of carboxylic acid groups (broad SMARTS) is 1. The van der Waals surface area contributed by atoms with Crippen molar-refractivity contribution < 1.29 is 9.90 Å². The van der Waals surface area contributed by atoms with Crippen molar-refractivity contribution in [1.29, 1.82) is 0 Å². The van der Waals surface area contributed by atoms with Gasteiger partial charge in [0.2, 0.25) is 0 Å². The van der Waals surface area contributed by atoms with Gasteiger partial charge in [-0.05, 0) is 24.5 Å². The highest BCUT2D eigenvalue weighted by Gasteiger charge is 2.17. The average Bonchev–Trinajstić information content (AvgIpc) is 2.28. The van der Waals surface area contributed by atoms with Crippen molar-refractivity contribution in [3.05, 3.63) is 36.0 Å². The highest BCUT2D eigenvalue weighted by atomic mass is 16.4. The zero-order valence-electron chi connectivity index (χ0n) is 9.78. The van der Waals surface area contributed by atoms with Crippen LogP contribution in [0, 0.1) is 0 Å². The van der Waals surface area contributed by atoms with Crippen LogP contribution >= 0.6 is 0 Å². The third-order valence-corrected chi connectivity index (χ3v) is 2.81. The zero-order chi connectivity index (χ0) is 12.0. The highest BCUT2D eigenvalue weighted by Crippen LogP contribution is 2.22. The van der Waals surface area contributed by atoms with Gasteiger partial charge in [0.15, 0.2) is 0 Å². The first-order chi connectivity index (χ1) is 7.67. The molecule has 0 unspecified atom stereocenters. The number of carboxylic acids is 1. The molecule has 0 bridgehead atoms. The molecule has 0 aromatic rings. The zero-order valence-corrected chi connectivity index (χ0v) is 9.78. The van der Waals surface area contributed by atoms with Crippen molar-refractivity contribution in [3.8, 4) is 0 Å². The molecule has 1 rings (SSSR count). The van der Waals surface area contributed by atoms with Crippen LogP contribution in [0.25, 0.3) is 0 Å². The number of hydrogen-bond donors (Lipinski definition) is 1. The molecule has 1 aliphatic rings. The fourth-order valence-electron chi connectivity index (χ4n) is 1.91. The lowest BCUT2D eigenvalue weighted by Crippen LogP contribution is -2.34. The summed E-state index contributed by atoms with van der Waals surface area (Å²) in [7, 11) is 0. The van der Waals surface area contributed by atoms with E-state index in [0.717, 1.165) is 19.5 Å². The largest absolute Gasteiger partial charge is 0.481 e. The molecule has 1 saturated heterocycles. The number of nitrogens with zero attached hydrogens (tertiary/aromatic N) is 1. The van der Waals surface area contributed by atoms with Crippen molar-refractivity contribution in [2.45, 2.75) is 19.8 Å². The Morgan fingerprint density at radius 2 is 2.31 bits per heavy atom. The minimum absolute atomic E-state index is 0.220. The molecule has 0 aromatic carbocycles. The van der Waals surface area contributed by atoms with Gasteiger partial charge in [-0.25, -0.2) is 0 Å². The van der Waals surface area contributed by atoms with Crippen LogP contribution in [0.3, 0.4) is 0 Å². The fourth-order valence-corrected chi connectivity index (χ4v) is 1.91. The van der Waals surface area contributed by atoms with Gasteiger partial charge in [-0.15, -0.1) is 0 Å². The van der Waals surface area contributed by atoms with E-state index in [1.165, 1.54) is 11.1 Å². The number of allylic oxidation sites excluding steroid dienone is 3. The van der Waals surface area contributed by atoms with Gasteiger partial charge in [-0.2, -0.15) is 0 Å². The van der Waals surface area contributed by atoms with Crippen LogP contribution < -0.4 is 0 Å². The van der Waals surface area contributed by atoms with Crippen LogP contribution in [0.1, 0.15) is 19.8 Å². The van der Waals surface area contributed by atoms with Crippen molar-refractivity contribution in [2.24, 2.45) is 0 Å². The van der Waals surface area contributed by atoms with Crippen molar-refractivity contribution in [2.75, 3.05) is 19.6 Å². The van der Waals surface area contributed by atoms with Crippen LogP contribution in [-0.2, 0) is 4.79 Å². The molecule has 1 aliphatic heterocycles. The van der Waals surface area contributed by atoms with Crippen LogP contribution in [0.4, 0.5) is 0 Å². The summed E-state index contributed by atoms with van der Waals surface area (Å²) in [6.07, 6.45) is 7.15. The summed E-state index contributed by atoms with van der Waals surface area (Å²) in [6.45, 7) is 8.15. The smallest absolute Gasteiger partial charge is 0.304 e. The molecule has 0 aromatic heterocycles. The molecule has 1 N–H and O–H groups in total. The third-order valence-electron chi connectivity index (χ3n) is 2.81. The second-order valence-electron chi connectivity index (χ2n) is 3.91. The number of carbonyl (C=O) groups is 1. The molecule has 0 radical (unpaired) electrons. The third kappa shape index (κ3) is 3.66. The topological polar surface area (TPSA) is 40.5 Å². The van der Waals surface area contributed by atoms with E-state index in [1.54, 1.807) is 0 Å². The molecule has 3 heteroatoms. The van der Waals surface area contributed by atoms with Crippen LogP contribution in [0.15, 0.2) is 36.0 Å². The molecule has 16 heavy (non-hydrogen) atoms. The Bertz CT molecular complexity index is 329. The Labute approximate surface area is 96.8 Å². The lowest BCUT2D eigenvalue weighted by atomic mass is 9.97. The summed E-state index contributed by atoms with van der Waals surface area (Å²) in [4.78, 5) is 12.7. The summed E-state index contributed by atoms with van der Waals surface area (Å²) >= 11 is 0. The molecule has 0 spiro atoms. The van der Waals surface area contributed by atoms with Gasteiger partial charge in [0.05, 0.1) is 6.42 Å². The number of aliphatic carboxylic acids is 1. The summed E-state index contributed by atoms with van der Waals surface area (Å²) in [5.41, 5.74) is 2.61. The lowest BCUT2D eigenvalue weighted by molar-refractivity contribution is -0.137. The van der Waals surface area contributed by atoms with Gasteiger partial charge >= 0.3 is 5.97 Å². The van der Waals surface area contributed by atoms with Gasteiger partial charge in [-0.3, -0.25) is 9.69 Å². The van der Waals surface area contributed by atoms with Gasteiger partial charge in [0, 0.05) is 19.6 Å². The fraction of sp³-hybridized carbons (Fsp3) is 0.462. The van der Waals surface area contributed by atoms with E-state index >= 15 is 0 Å². The number of piperidine rings is 1. The minimum atomic E-state index is -0.727. The molecule has 1 fully saturated rings. The first-order valence-corrected chi connectivity index (χ1v) is 5.58.